The predicted octanol–water partition coefficient (Wildman–Crippen LogP) is 3.26. The molecule has 2 aliphatic heterocycles. The summed E-state index contributed by atoms with van der Waals surface area (Å²) in [5.41, 5.74) is 11.4. The molecule has 1 fully saturated rings. The summed E-state index contributed by atoms with van der Waals surface area (Å²) in [7, 11) is 1.54. The zero-order chi connectivity index (χ0) is 33.3. The van der Waals surface area contributed by atoms with Gasteiger partial charge >= 0.3 is 0 Å². The van der Waals surface area contributed by atoms with Crippen LogP contribution in [0.25, 0.3) is 5.57 Å². The normalized spacial score (nSPS) is 18.9. The first-order valence-electron chi connectivity index (χ1n) is 16.1. The van der Waals surface area contributed by atoms with E-state index in [1.807, 2.05) is 6.08 Å². The maximum absolute atomic E-state index is 13.8. The summed E-state index contributed by atoms with van der Waals surface area (Å²) in [4.78, 5) is 60.3. The van der Waals surface area contributed by atoms with E-state index in [0.717, 1.165) is 23.9 Å². The number of carbonyl (C=O) groups excluding carboxylic acids is 3. The Morgan fingerprint density at radius 1 is 1.11 bits per heavy atom. The van der Waals surface area contributed by atoms with Crippen LogP contribution in [0.3, 0.4) is 0 Å². The lowest BCUT2D eigenvalue weighted by Gasteiger charge is -2.37. The van der Waals surface area contributed by atoms with Gasteiger partial charge in [0.05, 0.1) is 24.5 Å². The molecule has 2 aliphatic carbocycles. The molecule has 246 valence electrons. The number of aldehydes is 1. The average Bonchev–Trinajstić information content (AvgIpc) is 3.10. The molecule has 2 amide bonds. The van der Waals surface area contributed by atoms with E-state index < -0.39 is 0 Å². The molecule has 6 rings (SSSR count). The molecule has 4 aliphatic rings. The summed E-state index contributed by atoms with van der Waals surface area (Å²) < 4.78 is 6.54. The highest BCUT2D eigenvalue weighted by Gasteiger charge is 2.35. The van der Waals surface area contributed by atoms with E-state index in [-0.39, 0.29) is 28.5 Å². The Hall–Kier alpha value is -4.68. The fourth-order valence-electron chi connectivity index (χ4n) is 6.60. The minimum absolute atomic E-state index is 0.0555. The zero-order valence-electron chi connectivity index (χ0n) is 27.2. The highest BCUT2D eigenvalue weighted by Crippen LogP contribution is 2.41. The van der Waals surface area contributed by atoms with Gasteiger partial charge in [-0.1, -0.05) is 31.6 Å². The number of aromatic nitrogens is 3. The van der Waals surface area contributed by atoms with Gasteiger partial charge in [0.1, 0.15) is 11.5 Å². The van der Waals surface area contributed by atoms with E-state index in [0.29, 0.717) is 99.0 Å². The number of allylic oxidation sites excluding steroid dienone is 5. The predicted molar refractivity (Wildman–Crippen MR) is 178 cm³/mol. The number of nitrogens with one attached hydrogen (secondary N) is 1. The lowest BCUT2D eigenvalue weighted by Crippen LogP contribution is -2.40. The van der Waals surface area contributed by atoms with Crippen molar-refractivity contribution >= 4 is 35.2 Å². The zero-order valence-corrected chi connectivity index (χ0v) is 27.2. The van der Waals surface area contributed by atoms with Gasteiger partial charge in [-0.3, -0.25) is 19.2 Å². The molecule has 1 saturated heterocycles. The van der Waals surface area contributed by atoms with Crippen LogP contribution in [-0.4, -0.2) is 82.1 Å². The SMILES string of the molecule is Cn1nc(C2=CCCC(N3CCC4=C(CCC(C(C)(C)CN)=C4)C3=O)=C2C=O)cc(Nc2ccc(C(=O)N3CCOCC3)cn2)c1=O. The van der Waals surface area contributed by atoms with Gasteiger partial charge in [0, 0.05) is 61.8 Å². The van der Waals surface area contributed by atoms with Crippen LogP contribution in [0.1, 0.15) is 62.0 Å². The fraction of sp³-hybridized carbons (Fsp3) is 0.429. The smallest absolute Gasteiger partial charge is 0.290 e. The third-order valence-electron chi connectivity index (χ3n) is 9.55. The number of hydrogen-bond donors (Lipinski definition) is 2. The number of nitrogens with zero attached hydrogens (tertiary/aromatic N) is 5. The number of pyridine rings is 1. The first kappa shape index (κ1) is 32.3. The van der Waals surface area contributed by atoms with Crippen molar-refractivity contribution in [3.8, 4) is 0 Å². The third-order valence-corrected chi connectivity index (χ3v) is 9.55. The van der Waals surface area contributed by atoms with Gasteiger partial charge in [0.15, 0.2) is 6.29 Å². The summed E-state index contributed by atoms with van der Waals surface area (Å²) in [6, 6.07) is 4.91. The first-order chi connectivity index (χ1) is 22.6. The quantitative estimate of drug-likeness (QED) is 0.415. The van der Waals surface area contributed by atoms with Crippen LogP contribution in [0.15, 0.2) is 69.3 Å². The summed E-state index contributed by atoms with van der Waals surface area (Å²) in [5.74, 6) is 0.201. The van der Waals surface area contributed by atoms with Crippen molar-refractivity contribution in [2.24, 2.45) is 18.2 Å². The van der Waals surface area contributed by atoms with Crippen molar-refractivity contribution in [2.45, 2.75) is 46.0 Å². The Balaban J connectivity index is 1.25. The third kappa shape index (κ3) is 6.35. The van der Waals surface area contributed by atoms with Crippen LogP contribution < -0.4 is 16.6 Å². The molecule has 0 unspecified atom stereocenters. The van der Waals surface area contributed by atoms with E-state index in [1.165, 1.54) is 16.5 Å². The Morgan fingerprint density at radius 2 is 1.89 bits per heavy atom. The summed E-state index contributed by atoms with van der Waals surface area (Å²) in [5, 5.41) is 7.54. The Morgan fingerprint density at radius 3 is 2.60 bits per heavy atom. The standard InChI is InChI=1S/C35H41N7O5/c1-35(2,21-36)24-8-9-25-22(17-24)11-12-42(33(25)45)30-6-4-5-26(27(30)20-43)28-18-29(34(46)40(3)39-28)38-31-10-7-23(19-37-31)32(44)41-13-15-47-16-14-41/h5,7,10,17-20H,4,6,8-9,11-16,21,36H2,1-3H3,(H,37,38). The molecule has 0 radical (unpaired) electrons. The molecule has 0 aromatic carbocycles. The molecule has 0 saturated carbocycles. The molecule has 0 atom stereocenters. The lowest BCUT2D eigenvalue weighted by atomic mass is 9.75. The van der Waals surface area contributed by atoms with Gasteiger partial charge in [0.25, 0.3) is 17.4 Å². The van der Waals surface area contributed by atoms with Gasteiger partial charge in [-0.2, -0.15) is 5.10 Å². The number of hydrogen-bond acceptors (Lipinski definition) is 9. The molecule has 2 aromatic rings. The van der Waals surface area contributed by atoms with Crippen molar-refractivity contribution in [2.75, 3.05) is 44.7 Å². The van der Waals surface area contributed by atoms with Crippen molar-refractivity contribution < 1.29 is 19.1 Å². The Labute approximate surface area is 273 Å². The van der Waals surface area contributed by atoms with Crippen molar-refractivity contribution in [1.29, 1.82) is 0 Å². The highest BCUT2D eigenvalue weighted by molar-refractivity contribution is 6.03. The van der Waals surface area contributed by atoms with Crippen LogP contribution >= 0.6 is 0 Å². The molecule has 12 heteroatoms. The van der Waals surface area contributed by atoms with Crippen LogP contribution in [-0.2, 0) is 21.4 Å². The minimum atomic E-state index is -0.384. The van der Waals surface area contributed by atoms with Gasteiger partial charge in [-0.05, 0) is 61.3 Å². The first-order valence-corrected chi connectivity index (χ1v) is 16.1. The molecule has 0 bridgehead atoms. The van der Waals surface area contributed by atoms with E-state index >= 15 is 0 Å². The Bertz CT molecular complexity index is 1790. The molecule has 3 N–H and O–H groups in total. The number of aryl methyl sites for hydroxylation is 1. The van der Waals surface area contributed by atoms with Crippen LogP contribution in [0.2, 0.25) is 0 Å². The van der Waals surface area contributed by atoms with Gasteiger partial charge in [0.2, 0.25) is 0 Å². The molecule has 4 heterocycles. The van der Waals surface area contributed by atoms with Crippen LogP contribution in [0.5, 0.6) is 0 Å². The second-order valence-corrected chi connectivity index (χ2v) is 12.9. The van der Waals surface area contributed by atoms with Crippen LogP contribution in [0.4, 0.5) is 11.5 Å². The molecular weight excluding hydrogens is 598 g/mol. The van der Waals surface area contributed by atoms with Gasteiger partial charge < -0.3 is 25.6 Å². The lowest BCUT2D eigenvalue weighted by molar-refractivity contribution is -0.126. The van der Waals surface area contributed by atoms with Gasteiger partial charge in [-0.25, -0.2) is 9.67 Å². The number of ether oxygens (including phenoxy) is 1. The molecule has 0 spiro atoms. The number of carbonyl (C=O) groups is 3. The monoisotopic (exact) mass is 639 g/mol. The highest BCUT2D eigenvalue weighted by atomic mass is 16.5. The number of rotatable bonds is 8. The number of anilines is 2. The second-order valence-electron chi connectivity index (χ2n) is 12.9. The number of amides is 2. The molecular formula is C35H41N7O5. The number of nitrogens with two attached hydrogens (primary N) is 1. The van der Waals surface area contributed by atoms with Crippen molar-refractivity contribution in [3.63, 3.8) is 0 Å². The summed E-state index contributed by atoms with van der Waals surface area (Å²) in [6.45, 7) is 7.36. The largest absolute Gasteiger partial charge is 0.378 e. The van der Waals surface area contributed by atoms with Gasteiger partial charge in [-0.15, -0.1) is 0 Å². The molecule has 47 heavy (non-hydrogen) atoms. The molecule has 2 aromatic heterocycles. The topological polar surface area (TPSA) is 153 Å². The van der Waals surface area contributed by atoms with E-state index in [4.69, 9.17) is 10.5 Å². The summed E-state index contributed by atoms with van der Waals surface area (Å²) in [6.07, 6.45) is 9.65. The summed E-state index contributed by atoms with van der Waals surface area (Å²) >= 11 is 0. The van der Waals surface area contributed by atoms with Crippen LogP contribution in [0, 0.1) is 5.41 Å². The number of morpholine rings is 1. The second kappa shape index (κ2) is 13.2. The molecule has 12 nitrogen and oxygen atoms in total. The van der Waals surface area contributed by atoms with E-state index in [1.54, 1.807) is 35.0 Å². The van der Waals surface area contributed by atoms with Crippen molar-refractivity contribution in [1.82, 2.24) is 24.6 Å². The van der Waals surface area contributed by atoms with E-state index in [2.05, 4.69) is 35.3 Å². The fourth-order valence-corrected chi connectivity index (χ4v) is 6.60. The maximum atomic E-state index is 13.8. The van der Waals surface area contributed by atoms with Crippen molar-refractivity contribution in [3.05, 3.63) is 86.1 Å². The minimum Gasteiger partial charge on any atom is -0.378 e. The van der Waals surface area contributed by atoms with E-state index in [9.17, 15) is 19.2 Å². The Kier molecular flexibility index (Phi) is 9.07. The average molecular weight is 640 g/mol. The maximum Gasteiger partial charge on any atom is 0.290 e.